The highest BCUT2D eigenvalue weighted by Crippen LogP contribution is 2.37. The molecule has 0 bridgehead atoms. The quantitative estimate of drug-likeness (QED) is 0.927. The predicted molar refractivity (Wildman–Crippen MR) is 87.5 cm³/mol. The van der Waals surface area contributed by atoms with Crippen molar-refractivity contribution in [3.63, 3.8) is 0 Å². The smallest absolute Gasteiger partial charge is 0.113 e. The van der Waals surface area contributed by atoms with Crippen molar-refractivity contribution in [3.8, 4) is 0 Å². The van der Waals surface area contributed by atoms with Crippen molar-refractivity contribution in [1.82, 2.24) is 15.2 Å². The molecule has 4 heteroatoms. The summed E-state index contributed by atoms with van der Waals surface area (Å²) in [5, 5.41) is 7.35. The van der Waals surface area contributed by atoms with E-state index in [1.807, 2.05) is 11.3 Å². The van der Waals surface area contributed by atoms with Gasteiger partial charge in [-0.15, -0.1) is 11.3 Å². The number of hydrogen-bond acceptors (Lipinski definition) is 4. The Hall–Kier alpha value is -0.450. The van der Waals surface area contributed by atoms with Gasteiger partial charge in [-0.2, -0.15) is 0 Å². The maximum atomic E-state index is 4.99. The summed E-state index contributed by atoms with van der Waals surface area (Å²) in [6.45, 7) is 13.5. The summed E-state index contributed by atoms with van der Waals surface area (Å²) in [5.74, 6) is 0. The van der Waals surface area contributed by atoms with Crippen molar-refractivity contribution in [1.29, 1.82) is 0 Å². The van der Waals surface area contributed by atoms with E-state index in [1.54, 1.807) is 0 Å². The lowest BCUT2D eigenvalue weighted by Crippen LogP contribution is -2.52. The summed E-state index contributed by atoms with van der Waals surface area (Å²) in [5.41, 5.74) is 1.44. The lowest BCUT2D eigenvalue weighted by Gasteiger charge is -2.41. The van der Waals surface area contributed by atoms with E-state index < -0.39 is 0 Å². The van der Waals surface area contributed by atoms with Gasteiger partial charge in [-0.05, 0) is 33.7 Å². The first-order chi connectivity index (χ1) is 9.23. The van der Waals surface area contributed by atoms with Crippen LogP contribution in [0, 0.1) is 0 Å². The number of nitrogens with one attached hydrogen (secondary N) is 1. The molecule has 114 valence electrons. The average Bonchev–Trinajstić information content (AvgIpc) is 2.81. The Labute approximate surface area is 127 Å². The highest BCUT2D eigenvalue weighted by molar-refractivity contribution is 7.09. The normalized spacial score (nSPS) is 20.6. The molecule has 0 radical (unpaired) electrons. The van der Waals surface area contributed by atoms with Gasteiger partial charge >= 0.3 is 0 Å². The summed E-state index contributed by atoms with van der Waals surface area (Å²) < 4.78 is 0. The minimum absolute atomic E-state index is 0.0782. The van der Waals surface area contributed by atoms with Crippen molar-refractivity contribution < 1.29 is 0 Å². The summed E-state index contributed by atoms with van der Waals surface area (Å²) in [6.07, 6.45) is 2.30. The minimum atomic E-state index is 0.0782. The molecule has 0 aromatic carbocycles. The van der Waals surface area contributed by atoms with Crippen LogP contribution in [-0.2, 0) is 11.0 Å². The number of thiazole rings is 1. The van der Waals surface area contributed by atoms with Crippen LogP contribution >= 0.6 is 11.3 Å². The molecular weight excluding hydrogens is 266 g/mol. The first-order valence-electron chi connectivity index (χ1n) is 7.66. The second kappa shape index (κ2) is 5.74. The summed E-state index contributed by atoms with van der Waals surface area (Å²) in [7, 11) is 2.21. The van der Waals surface area contributed by atoms with Gasteiger partial charge in [-0.1, -0.05) is 20.8 Å². The third-order valence-electron chi connectivity index (χ3n) is 4.09. The van der Waals surface area contributed by atoms with Crippen LogP contribution in [0.3, 0.4) is 0 Å². The maximum absolute atomic E-state index is 4.99. The highest BCUT2D eigenvalue weighted by Gasteiger charge is 2.38. The predicted octanol–water partition coefficient (Wildman–Crippen LogP) is 3.36. The van der Waals surface area contributed by atoms with Crippen LogP contribution in [0.4, 0.5) is 0 Å². The number of nitrogens with zero attached hydrogens (tertiary/aromatic N) is 2. The zero-order valence-electron chi connectivity index (χ0n) is 13.8. The van der Waals surface area contributed by atoms with E-state index in [0.29, 0.717) is 6.04 Å². The summed E-state index contributed by atoms with van der Waals surface area (Å²) >= 11 is 1.83. The van der Waals surface area contributed by atoms with Gasteiger partial charge in [0.25, 0.3) is 0 Å². The van der Waals surface area contributed by atoms with Gasteiger partial charge in [0.15, 0.2) is 0 Å². The standard InChI is InChI=1S/C16H29N3S/c1-12(2)18-16(7-9-19(6)10-8-16)14-17-13(11-20-14)15(3,4)5/h11-12,18H,7-10H2,1-6H3. The molecule has 0 saturated carbocycles. The lowest BCUT2D eigenvalue weighted by atomic mass is 9.87. The monoisotopic (exact) mass is 295 g/mol. The molecule has 1 fully saturated rings. The second-order valence-corrected chi connectivity index (χ2v) is 8.33. The van der Waals surface area contributed by atoms with Crippen LogP contribution in [0.25, 0.3) is 0 Å². The van der Waals surface area contributed by atoms with Gasteiger partial charge in [0, 0.05) is 29.9 Å². The van der Waals surface area contributed by atoms with Crippen LogP contribution in [0.1, 0.15) is 58.2 Å². The number of aromatic nitrogens is 1. The molecule has 1 aromatic rings. The molecule has 0 atom stereocenters. The minimum Gasteiger partial charge on any atom is -0.306 e. The lowest BCUT2D eigenvalue weighted by molar-refractivity contribution is 0.147. The van der Waals surface area contributed by atoms with E-state index in [0.717, 1.165) is 25.9 Å². The topological polar surface area (TPSA) is 28.2 Å². The van der Waals surface area contributed by atoms with E-state index >= 15 is 0 Å². The highest BCUT2D eigenvalue weighted by atomic mass is 32.1. The molecule has 0 amide bonds. The van der Waals surface area contributed by atoms with Gasteiger partial charge in [-0.25, -0.2) is 4.98 Å². The molecular formula is C16H29N3S. The number of piperidine rings is 1. The molecule has 2 heterocycles. The first-order valence-corrected chi connectivity index (χ1v) is 8.54. The van der Waals surface area contributed by atoms with E-state index in [9.17, 15) is 0 Å². The van der Waals surface area contributed by atoms with Crippen molar-refractivity contribution in [3.05, 3.63) is 16.1 Å². The van der Waals surface area contributed by atoms with Crippen molar-refractivity contribution >= 4 is 11.3 Å². The Bertz CT molecular complexity index is 437. The van der Waals surface area contributed by atoms with Crippen molar-refractivity contribution in [2.24, 2.45) is 0 Å². The molecule has 1 saturated heterocycles. The van der Waals surface area contributed by atoms with E-state index in [4.69, 9.17) is 4.98 Å². The molecule has 0 spiro atoms. The zero-order chi connectivity index (χ0) is 15.0. The molecule has 1 aromatic heterocycles. The van der Waals surface area contributed by atoms with Crippen LogP contribution in [0.2, 0.25) is 0 Å². The van der Waals surface area contributed by atoms with Crippen LogP contribution in [0.15, 0.2) is 5.38 Å². The van der Waals surface area contributed by atoms with Gasteiger partial charge in [0.1, 0.15) is 5.01 Å². The molecule has 1 aliphatic rings. The number of hydrogen-bond donors (Lipinski definition) is 1. The first kappa shape index (κ1) is 15.9. The Morgan fingerprint density at radius 3 is 2.35 bits per heavy atom. The molecule has 0 unspecified atom stereocenters. The molecule has 1 N–H and O–H groups in total. The molecule has 3 nitrogen and oxygen atoms in total. The van der Waals surface area contributed by atoms with Gasteiger partial charge in [0.05, 0.1) is 11.2 Å². The van der Waals surface area contributed by atoms with Crippen LogP contribution < -0.4 is 5.32 Å². The van der Waals surface area contributed by atoms with E-state index in [2.05, 4.69) is 57.3 Å². The Morgan fingerprint density at radius 2 is 1.90 bits per heavy atom. The summed E-state index contributed by atoms with van der Waals surface area (Å²) in [4.78, 5) is 7.41. The zero-order valence-corrected chi connectivity index (χ0v) is 14.6. The van der Waals surface area contributed by atoms with Crippen LogP contribution in [-0.4, -0.2) is 36.1 Å². The average molecular weight is 295 g/mol. The van der Waals surface area contributed by atoms with Crippen LogP contribution in [0.5, 0.6) is 0 Å². The Kier molecular flexibility index (Phi) is 4.57. The van der Waals surface area contributed by atoms with Crippen molar-refractivity contribution in [2.45, 2.75) is 64.5 Å². The van der Waals surface area contributed by atoms with Gasteiger partial charge in [-0.3, -0.25) is 0 Å². The number of likely N-dealkylation sites (tertiary alicyclic amines) is 1. The largest absolute Gasteiger partial charge is 0.306 e. The summed E-state index contributed by atoms with van der Waals surface area (Å²) in [6, 6.07) is 0.486. The van der Waals surface area contributed by atoms with Gasteiger partial charge in [0.2, 0.25) is 0 Å². The fraction of sp³-hybridized carbons (Fsp3) is 0.812. The van der Waals surface area contributed by atoms with E-state index in [-0.39, 0.29) is 11.0 Å². The van der Waals surface area contributed by atoms with Crippen molar-refractivity contribution in [2.75, 3.05) is 20.1 Å². The SMILES string of the molecule is CC(C)NC1(c2nc(C(C)(C)C)cs2)CCN(C)CC1. The molecule has 20 heavy (non-hydrogen) atoms. The van der Waals surface area contributed by atoms with Gasteiger partial charge < -0.3 is 10.2 Å². The molecule has 0 aliphatic carbocycles. The number of rotatable bonds is 3. The molecule has 2 rings (SSSR count). The van der Waals surface area contributed by atoms with E-state index in [1.165, 1.54) is 10.7 Å². The fourth-order valence-electron chi connectivity index (χ4n) is 2.81. The molecule has 1 aliphatic heterocycles. The maximum Gasteiger partial charge on any atom is 0.113 e. The third-order valence-corrected chi connectivity index (χ3v) is 5.13. The Balaban J connectivity index is 2.29. The Morgan fingerprint density at radius 1 is 1.30 bits per heavy atom. The third kappa shape index (κ3) is 3.41. The second-order valence-electron chi connectivity index (χ2n) is 7.47. The fourth-order valence-corrected chi connectivity index (χ4v) is 4.08.